The van der Waals surface area contributed by atoms with E-state index in [0.717, 1.165) is 11.8 Å². The highest BCUT2D eigenvalue weighted by atomic mass is 32.2. The van der Waals surface area contributed by atoms with Crippen LogP contribution in [0.15, 0.2) is 53.4 Å². The summed E-state index contributed by atoms with van der Waals surface area (Å²) in [5.74, 6) is -0.988. The summed E-state index contributed by atoms with van der Waals surface area (Å²) < 4.78 is 26.3. The van der Waals surface area contributed by atoms with Crippen molar-refractivity contribution in [1.29, 1.82) is 0 Å². The van der Waals surface area contributed by atoms with Crippen LogP contribution in [-0.2, 0) is 4.79 Å². The molecule has 110 valence electrons. The molecule has 6 heteroatoms. The molecule has 0 unspecified atom stereocenters. The zero-order valence-electron chi connectivity index (χ0n) is 11.1. The number of hydrogen-bond acceptors (Lipinski definition) is 3. The number of benzene rings is 2. The summed E-state index contributed by atoms with van der Waals surface area (Å²) in [6.07, 6.45) is 1.66. The Balaban J connectivity index is 1.91. The Hall–Kier alpha value is -2.05. The monoisotopic (exact) mass is 333 g/mol. The lowest BCUT2D eigenvalue weighted by atomic mass is 10.2. The Morgan fingerprint density at radius 1 is 0.955 bits per heavy atom. The van der Waals surface area contributed by atoms with Crippen molar-refractivity contribution in [3.8, 4) is 0 Å². The molecule has 0 radical (unpaired) electrons. The molecule has 0 N–H and O–H groups in total. The van der Waals surface area contributed by atoms with Crippen molar-refractivity contribution < 1.29 is 13.6 Å². The van der Waals surface area contributed by atoms with Crippen molar-refractivity contribution in [3.05, 3.63) is 70.6 Å². The molecule has 1 saturated heterocycles. The van der Waals surface area contributed by atoms with Crippen LogP contribution < -0.4 is 4.90 Å². The molecule has 0 spiro atoms. The van der Waals surface area contributed by atoms with Crippen molar-refractivity contribution >= 4 is 46.0 Å². The van der Waals surface area contributed by atoms with Crippen LogP contribution in [0.3, 0.4) is 0 Å². The summed E-state index contributed by atoms with van der Waals surface area (Å²) in [6, 6.07) is 11.4. The van der Waals surface area contributed by atoms with Gasteiger partial charge in [0.05, 0.1) is 10.6 Å². The second-order valence-electron chi connectivity index (χ2n) is 4.55. The smallest absolute Gasteiger partial charge is 0.268 e. The van der Waals surface area contributed by atoms with Gasteiger partial charge in [-0.15, -0.1) is 0 Å². The fraction of sp³-hybridized carbons (Fsp3) is 0. The number of anilines is 1. The highest BCUT2D eigenvalue weighted by molar-refractivity contribution is 8.27. The Morgan fingerprint density at radius 2 is 1.50 bits per heavy atom. The molecule has 1 heterocycles. The van der Waals surface area contributed by atoms with Gasteiger partial charge in [0, 0.05) is 0 Å². The number of thiocarbonyl (C=S) groups is 1. The second-order valence-corrected chi connectivity index (χ2v) is 6.22. The Labute approximate surface area is 135 Å². The van der Waals surface area contributed by atoms with E-state index in [1.807, 2.05) is 0 Å². The van der Waals surface area contributed by atoms with E-state index in [1.54, 1.807) is 18.2 Å². The van der Waals surface area contributed by atoms with Crippen molar-refractivity contribution in [2.75, 3.05) is 4.90 Å². The number of amides is 1. The maximum absolute atomic E-state index is 13.0. The average Bonchev–Trinajstić information content (AvgIpc) is 2.77. The van der Waals surface area contributed by atoms with E-state index in [4.69, 9.17) is 12.2 Å². The SMILES string of the molecule is O=C1C(=Cc2ccc(F)cc2)SC(=S)N1c1ccc(F)cc1. The van der Waals surface area contributed by atoms with Crippen LogP contribution in [0.4, 0.5) is 14.5 Å². The van der Waals surface area contributed by atoms with Gasteiger partial charge in [-0.3, -0.25) is 9.69 Å². The molecule has 22 heavy (non-hydrogen) atoms. The molecule has 2 aromatic carbocycles. The highest BCUT2D eigenvalue weighted by Crippen LogP contribution is 2.35. The molecular weight excluding hydrogens is 324 g/mol. The summed E-state index contributed by atoms with van der Waals surface area (Å²) in [4.78, 5) is 14.3. The molecule has 0 aliphatic carbocycles. The molecule has 0 aromatic heterocycles. The lowest BCUT2D eigenvalue weighted by Crippen LogP contribution is -2.27. The van der Waals surface area contributed by atoms with Crippen LogP contribution >= 0.6 is 24.0 Å². The van der Waals surface area contributed by atoms with Gasteiger partial charge in [-0.05, 0) is 48.0 Å². The summed E-state index contributed by atoms with van der Waals surface area (Å²) in [6.45, 7) is 0. The van der Waals surface area contributed by atoms with E-state index >= 15 is 0 Å². The summed E-state index contributed by atoms with van der Waals surface area (Å²) in [5, 5.41) is 0. The third-order valence-electron chi connectivity index (χ3n) is 3.05. The maximum atomic E-state index is 13.0. The number of nitrogens with zero attached hydrogens (tertiary/aromatic N) is 1. The number of halogens is 2. The lowest BCUT2D eigenvalue weighted by Gasteiger charge is -2.14. The third-order valence-corrected chi connectivity index (χ3v) is 4.35. The van der Waals surface area contributed by atoms with E-state index in [9.17, 15) is 13.6 Å². The molecule has 0 saturated carbocycles. The molecular formula is C16H9F2NOS2. The Bertz CT molecular complexity index is 770. The van der Waals surface area contributed by atoms with Crippen LogP contribution in [0.5, 0.6) is 0 Å². The quantitative estimate of drug-likeness (QED) is 0.601. The largest absolute Gasteiger partial charge is 0.270 e. The molecule has 3 rings (SSSR count). The lowest BCUT2D eigenvalue weighted by molar-refractivity contribution is -0.113. The zero-order chi connectivity index (χ0) is 15.7. The van der Waals surface area contributed by atoms with Crippen molar-refractivity contribution in [3.63, 3.8) is 0 Å². The normalized spacial score (nSPS) is 16.6. The van der Waals surface area contributed by atoms with Crippen LogP contribution in [0.1, 0.15) is 5.56 Å². The third kappa shape index (κ3) is 2.93. The number of thioether (sulfide) groups is 1. The molecule has 1 amide bonds. The van der Waals surface area contributed by atoms with E-state index in [0.29, 0.717) is 20.5 Å². The van der Waals surface area contributed by atoms with Crippen LogP contribution in [0, 0.1) is 11.6 Å². The predicted molar refractivity (Wildman–Crippen MR) is 88.5 cm³/mol. The molecule has 2 nitrogen and oxygen atoms in total. The van der Waals surface area contributed by atoms with Crippen molar-refractivity contribution in [2.45, 2.75) is 0 Å². The fourth-order valence-electron chi connectivity index (χ4n) is 1.99. The number of rotatable bonds is 2. The first-order valence-corrected chi connectivity index (χ1v) is 7.56. The average molecular weight is 333 g/mol. The first-order chi connectivity index (χ1) is 10.5. The van der Waals surface area contributed by atoms with Crippen LogP contribution in [-0.4, -0.2) is 10.2 Å². The summed E-state index contributed by atoms with van der Waals surface area (Å²) in [5.41, 5.74) is 1.23. The van der Waals surface area contributed by atoms with Crippen LogP contribution in [0.2, 0.25) is 0 Å². The molecule has 2 aromatic rings. The van der Waals surface area contributed by atoms with Crippen LogP contribution in [0.25, 0.3) is 6.08 Å². The van der Waals surface area contributed by atoms with E-state index in [2.05, 4.69) is 0 Å². The molecule has 1 aliphatic rings. The number of hydrogen-bond donors (Lipinski definition) is 0. The van der Waals surface area contributed by atoms with Gasteiger partial charge < -0.3 is 0 Å². The molecule has 0 bridgehead atoms. The molecule has 1 fully saturated rings. The second kappa shape index (κ2) is 5.98. The number of carbonyl (C=O) groups is 1. The predicted octanol–water partition coefficient (Wildman–Crippen LogP) is 4.37. The maximum Gasteiger partial charge on any atom is 0.270 e. The van der Waals surface area contributed by atoms with E-state index in [-0.39, 0.29) is 17.5 Å². The fourth-order valence-corrected chi connectivity index (χ4v) is 3.29. The van der Waals surface area contributed by atoms with Gasteiger partial charge in [0.1, 0.15) is 11.6 Å². The Morgan fingerprint density at radius 3 is 2.09 bits per heavy atom. The van der Waals surface area contributed by atoms with Crippen molar-refractivity contribution in [2.24, 2.45) is 0 Å². The first-order valence-electron chi connectivity index (χ1n) is 6.34. The minimum atomic E-state index is -0.379. The minimum Gasteiger partial charge on any atom is -0.268 e. The van der Waals surface area contributed by atoms with Crippen molar-refractivity contribution in [1.82, 2.24) is 0 Å². The van der Waals surface area contributed by atoms with E-state index in [1.165, 1.54) is 41.3 Å². The summed E-state index contributed by atoms with van der Waals surface area (Å²) >= 11 is 6.38. The van der Waals surface area contributed by atoms with Gasteiger partial charge >= 0.3 is 0 Å². The topological polar surface area (TPSA) is 20.3 Å². The van der Waals surface area contributed by atoms with Gasteiger partial charge in [-0.25, -0.2) is 8.78 Å². The standard InChI is InChI=1S/C16H9F2NOS2/c17-11-3-1-10(2-4-11)9-14-15(20)19(16(21)22-14)13-7-5-12(18)6-8-13/h1-9H. The van der Waals surface area contributed by atoms with E-state index < -0.39 is 0 Å². The Kier molecular flexibility index (Phi) is 4.04. The van der Waals surface area contributed by atoms with Gasteiger partial charge in [0.2, 0.25) is 0 Å². The van der Waals surface area contributed by atoms with Gasteiger partial charge in [-0.1, -0.05) is 36.1 Å². The van der Waals surface area contributed by atoms with Gasteiger partial charge in [-0.2, -0.15) is 0 Å². The zero-order valence-corrected chi connectivity index (χ0v) is 12.8. The van der Waals surface area contributed by atoms with Gasteiger partial charge in [0.15, 0.2) is 4.32 Å². The number of carbonyl (C=O) groups excluding carboxylic acids is 1. The minimum absolute atomic E-state index is 0.272. The molecule has 1 aliphatic heterocycles. The molecule has 0 atom stereocenters. The first kappa shape index (κ1) is 14.9. The van der Waals surface area contributed by atoms with Gasteiger partial charge in [0.25, 0.3) is 5.91 Å². The highest BCUT2D eigenvalue weighted by Gasteiger charge is 2.33. The summed E-state index contributed by atoms with van der Waals surface area (Å²) in [7, 11) is 0.